The van der Waals surface area contributed by atoms with Gasteiger partial charge in [-0.1, -0.05) is 25.0 Å². The Morgan fingerprint density at radius 3 is 2.74 bits per heavy atom. The van der Waals surface area contributed by atoms with Gasteiger partial charge in [0.15, 0.2) is 6.61 Å². The quantitative estimate of drug-likeness (QED) is 0.727. The fourth-order valence-corrected chi connectivity index (χ4v) is 2.20. The predicted octanol–water partition coefficient (Wildman–Crippen LogP) is 3.43. The van der Waals surface area contributed by atoms with Gasteiger partial charge in [-0.05, 0) is 49.9 Å². The smallest absolute Gasteiger partial charge is 0.174 e. The van der Waals surface area contributed by atoms with Gasteiger partial charge in [-0.25, -0.2) is 0 Å². The Morgan fingerprint density at radius 2 is 2.11 bits per heavy atom. The van der Waals surface area contributed by atoms with Crippen LogP contribution in [-0.4, -0.2) is 13.2 Å². The molecule has 0 spiro atoms. The van der Waals surface area contributed by atoms with Gasteiger partial charge in [-0.15, -0.1) is 0 Å². The fraction of sp³-hybridized carbons (Fsp3) is 0.562. The standard InChI is InChI=1S/C16H22N2O/c1-13(18-11-2-3-14-4-5-14)15-6-8-16(9-7-15)19-12-10-17/h6-9,13-14,18H,2-5,11-12H2,1H3. The minimum Gasteiger partial charge on any atom is -0.479 e. The lowest BCUT2D eigenvalue weighted by Gasteiger charge is -2.14. The van der Waals surface area contributed by atoms with Gasteiger partial charge in [0.05, 0.1) is 0 Å². The molecule has 102 valence electrons. The third-order valence-electron chi connectivity index (χ3n) is 3.62. The first kappa shape index (κ1) is 13.9. The molecule has 1 fully saturated rings. The van der Waals surface area contributed by atoms with Crippen LogP contribution in [0.15, 0.2) is 24.3 Å². The van der Waals surface area contributed by atoms with Gasteiger partial charge in [-0.2, -0.15) is 5.26 Å². The molecule has 1 N–H and O–H groups in total. The zero-order chi connectivity index (χ0) is 13.5. The van der Waals surface area contributed by atoms with Crippen LogP contribution in [0.1, 0.15) is 44.2 Å². The molecule has 0 aromatic heterocycles. The minimum absolute atomic E-state index is 0.105. The maximum absolute atomic E-state index is 8.45. The molecule has 0 saturated heterocycles. The Hall–Kier alpha value is -1.53. The molecule has 0 aliphatic heterocycles. The van der Waals surface area contributed by atoms with Gasteiger partial charge in [-0.3, -0.25) is 0 Å². The van der Waals surface area contributed by atoms with Gasteiger partial charge in [0.1, 0.15) is 11.8 Å². The molecule has 1 aromatic rings. The average molecular weight is 258 g/mol. The summed E-state index contributed by atoms with van der Waals surface area (Å²) in [5.74, 6) is 1.78. The highest BCUT2D eigenvalue weighted by molar-refractivity contribution is 5.29. The largest absolute Gasteiger partial charge is 0.479 e. The molecule has 19 heavy (non-hydrogen) atoms. The third-order valence-corrected chi connectivity index (χ3v) is 3.62. The van der Waals surface area contributed by atoms with E-state index >= 15 is 0 Å². The second-order valence-electron chi connectivity index (χ2n) is 5.28. The van der Waals surface area contributed by atoms with Gasteiger partial charge in [0.2, 0.25) is 0 Å². The molecule has 1 saturated carbocycles. The molecule has 2 rings (SSSR count). The van der Waals surface area contributed by atoms with Gasteiger partial charge in [0.25, 0.3) is 0 Å². The summed E-state index contributed by atoms with van der Waals surface area (Å²) >= 11 is 0. The molecule has 1 atom stereocenters. The normalized spacial score (nSPS) is 15.8. The van der Waals surface area contributed by atoms with E-state index in [9.17, 15) is 0 Å². The highest BCUT2D eigenvalue weighted by Crippen LogP contribution is 2.33. The van der Waals surface area contributed by atoms with Crippen molar-refractivity contribution in [3.05, 3.63) is 29.8 Å². The summed E-state index contributed by atoms with van der Waals surface area (Å²) < 4.78 is 5.24. The maximum Gasteiger partial charge on any atom is 0.174 e. The van der Waals surface area contributed by atoms with Crippen molar-refractivity contribution in [2.45, 2.75) is 38.6 Å². The van der Waals surface area contributed by atoms with Crippen molar-refractivity contribution >= 4 is 0 Å². The minimum atomic E-state index is 0.105. The molecule has 1 unspecified atom stereocenters. The van der Waals surface area contributed by atoms with Crippen LogP contribution in [0.25, 0.3) is 0 Å². The number of benzene rings is 1. The van der Waals surface area contributed by atoms with Gasteiger partial charge >= 0.3 is 0 Å². The summed E-state index contributed by atoms with van der Waals surface area (Å²) in [4.78, 5) is 0. The Kier molecular flexibility index (Phi) is 5.23. The summed E-state index contributed by atoms with van der Waals surface area (Å²) in [5.41, 5.74) is 1.26. The number of nitriles is 1. The van der Waals surface area contributed by atoms with Crippen molar-refractivity contribution in [2.75, 3.05) is 13.2 Å². The third kappa shape index (κ3) is 4.92. The second-order valence-corrected chi connectivity index (χ2v) is 5.28. The van der Waals surface area contributed by atoms with E-state index in [0.717, 1.165) is 18.2 Å². The number of hydrogen-bond acceptors (Lipinski definition) is 3. The Labute approximate surface area is 115 Å². The summed E-state index contributed by atoms with van der Waals surface area (Å²) in [6.45, 7) is 3.38. The fourth-order valence-electron chi connectivity index (χ4n) is 2.20. The molecular formula is C16H22N2O. The van der Waals surface area contributed by atoms with Crippen LogP contribution in [0, 0.1) is 17.2 Å². The molecule has 0 heterocycles. The zero-order valence-corrected chi connectivity index (χ0v) is 11.6. The number of nitrogens with zero attached hydrogens (tertiary/aromatic N) is 1. The highest BCUT2D eigenvalue weighted by Gasteiger charge is 2.20. The van der Waals surface area contributed by atoms with Crippen LogP contribution in [0.4, 0.5) is 0 Å². The monoisotopic (exact) mass is 258 g/mol. The lowest BCUT2D eigenvalue weighted by atomic mass is 10.1. The van der Waals surface area contributed by atoms with Crippen LogP contribution in [0.2, 0.25) is 0 Å². The summed E-state index contributed by atoms with van der Waals surface area (Å²) in [6.07, 6.45) is 5.54. The number of rotatable bonds is 8. The number of ether oxygens (including phenoxy) is 1. The molecule has 0 amide bonds. The van der Waals surface area contributed by atoms with Crippen molar-refractivity contribution < 1.29 is 4.74 Å². The lowest BCUT2D eigenvalue weighted by molar-refractivity contribution is 0.368. The van der Waals surface area contributed by atoms with E-state index in [1.165, 1.54) is 31.2 Å². The summed E-state index contributed by atoms with van der Waals surface area (Å²) in [7, 11) is 0. The van der Waals surface area contributed by atoms with Crippen molar-refractivity contribution in [3.63, 3.8) is 0 Å². The Morgan fingerprint density at radius 1 is 1.37 bits per heavy atom. The molecular weight excluding hydrogens is 236 g/mol. The Balaban J connectivity index is 1.71. The molecule has 3 nitrogen and oxygen atoms in total. The lowest BCUT2D eigenvalue weighted by Crippen LogP contribution is -2.19. The molecule has 1 aromatic carbocycles. The first-order valence-electron chi connectivity index (χ1n) is 7.12. The van der Waals surface area contributed by atoms with E-state index in [1.54, 1.807) is 0 Å². The highest BCUT2D eigenvalue weighted by atomic mass is 16.5. The van der Waals surface area contributed by atoms with E-state index in [2.05, 4.69) is 24.4 Å². The zero-order valence-electron chi connectivity index (χ0n) is 11.6. The van der Waals surface area contributed by atoms with Gasteiger partial charge < -0.3 is 10.1 Å². The van der Waals surface area contributed by atoms with Crippen molar-refractivity contribution in [3.8, 4) is 11.8 Å². The van der Waals surface area contributed by atoms with Crippen LogP contribution >= 0.6 is 0 Å². The van der Waals surface area contributed by atoms with Crippen molar-refractivity contribution in [1.82, 2.24) is 5.32 Å². The van der Waals surface area contributed by atoms with Gasteiger partial charge in [0, 0.05) is 6.04 Å². The summed E-state index contributed by atoms with van der Waals surface area (Å²) in [5, 5.41) is 12.0. The van der Waals surface area contributed by atoms with E-state index in [0.29, 0.717) is 6.04 Å². The number of hydrogen-bond donors (Lipinski definition) is 1. The van der Waals surface area contributed by atoms with Crippen LogP contribution in [0.5, 0.6) is 5.75 Å². The maximum atomic E-state index is 8.45. The second kappa shape index (κ2) is 7.16. The molecule has 1 aliphatic rings. The van der Waals surface area contributed by atoms with Crippen molar-refractivity contribution in [1.29, 1.82) is 5.26 Å². The summed E-state index contributed by atoms with van der Waals surface area (Å²) in [6, 6.07) is 10.3. The van der Waals surface area contributed by atoms with E-state index in [4.69, 9.17) is 10.00 Å². The molecule has 1 aliphatic carbocycles. The molecule has 3 heteroatoms. The first-order valence-corrected chi connectivity index (χ1v) is 7.12. The topological polar surface area (TPSA) is 45.0 Å². The first-order chi connectivity index (χ1) is 9.29. The predicted molar refractivity (Wildman–Crippen MR) is 75.9 cm³/mol. The van der Waals surface area contributed by atoms with Crippen LogP contribution < -0.4 is 10.1 Å². The van der Waals surface area contributed by atoms with E-state index in [1.807, 2.05) is 18.2 Å². The van der Waals surface area contributed by atoms with E-state index < -0.39 is 0 Å². The van der Waals surface area contributed by atoms with Crippen molar-refractivity contribution in [2.24, 2.45) is 5.92 Å². The van der Waals surface area contributed by atoms with E-state index in [-0.39, 0.29) is 6.61 Å². The van der Waals surface area contributed by atoms with Crippen LogP contribution in [-0.2, 0) is 0 Å². The molecule has 0 bridgehead atoms. The SMILES string of the molecule is CC(NCCCC1CC1)c1ccc(OCC#N)cc1. The Bertz CT molecular complexity index is 417. The number of nitrogens with one attached hydrogen (secondary N) is 1. The van der Waals surface area contributed by atoms with Crippen LogP contribution in [0.3, 0.4) is 0 Å². The average Bonchev–Trinajstić information content (AvgIpc) is 3.26. The molecule has 0 radical (unpaired) electrons.